The van der Waals surface area contributed by atoms with E-state index >= 15 is 4.79 Å². The maximum Gasteiger partial charge on any atom is 0.471 e. The number of carbonyl (C=O) groups is 2. The highest BCUT2D eigenvalue weighted by atomic mass is 31.2. The van der Waals surface area contributed by atoms with Gasteiger partial charge in [0.05, 0.1) is 32.8 Å². The summed E-state index contributed by atoms with van der Waals surface area (Å²) in [5.74, 6) is -1.46. The molecular formula is C48H56F3N5O9P+. The van der Waals surface area contributed by atoms with Crippen molar-refractivity contribution in [3.63, 3.8) is 0 Å². The summed E-state index contributed by atoms with van der Waals surface area (Å²) < 4.78 is 73.7. The number of halogens is 3. The van der Waals surface area contributed by atoms with Gasteiger partial charge in [0.25, 0.3) is 0 Å². The summed E-state index contributed by atoms with van der Waals surface area (Å²) in [5, 5.41) is 0. The Hall–Kier alpha value is -5.68. The molecule has 5 atom stereocenters. The first-order valence-electron chi connectivity index (χ1n) is 21.3. The molecule has 0 aliphatic carbocycles. The second-order valence-electron chi connectivity index (χ2n) is 16.5. The molecule has 352 valence electrons. The number of quaternary nitrogens is 1. The molecule has 1 aliphatic rings. The van der Waals surface area contributed by atoms with Crippen LogP contribution in [0.3, 0.4) is 0 Å². The maximum absolute atomic E-state index is 15.4. The van der Waals surface area contributed by atoms with Crippen molar-refractivity contribution >= 4 is 26.0 Å². The van der Waals surface area contributed by atoms with E-state index in [2.05, 4.69) is 4.98 Å². The smallest absolute Gasteiger partial charge is 0.471 e. The van der Waals surface area contributed by atoms with Crippen molar-refractivity contribution in [3.8, 4) is 11.5 Å². The van der Waals surface area contributed by atoms with Crippen molar-refractivity contribution in [2.75, 3.05) is 40.1 Å². The zero-order chi connectivity index (χ0) is 48.0. The van der Waals surface area contributed by atoms with Crippen LogP contribution in [-0.2, 0) is 24.4 Å². The van der Waals surface area contributed by atoms with Crippen molar-refractivity contribution < 1.29 is 55.4 Å². The number of nitrogens with zero attached hydrogens (tertiary/aromatic N) is 4. The van der Waals surface area contributed by atoms with Gasteiger partial charge in [0.15, 0.2) is 11.9 Å². The van der Waals surface area contributed by atoms with Crippen LogP contribution in [0.25, 0.3) is 0 Å². The summed E-state index contributed by atoms with van der Waals surface area (Å²) in [4.78, 5) is 58.2. The molecule has 2 heterocycles. The van der Waals surface area contributed by atoms with Crippen LogP contribution in [0.4, 0.5) is 19.0 Å². The Morgan fingerprint density at radius 2 is 1.38 bits per heavy atom. The fourth-order valence-electron chi connectivity index (χ4n) is 8.54. The molecule has 1 aromatic heterocycles. The topological polar surface area (TPSA) is 165 Å². The monoisotopic (exact) mass is 934 g/mol. The molecule has 66 heavy (non-hydrogen) atoms. The minimum atomic E-state index is -5.11. The van der Waals surface area contributed by atoms with E-state index in [0.29, 0.717) is 33.1 Å². The van der Waals surface area contributed by atoms with Gasteiger partial charge in [-0.15, -0.1) is 0 Å². The lowest BCUT2D eigenvalue weighted by Crippen LogP contribution is -2.57. The molecule has 1 aliphatic heterocycles. The second kappa shape index (κ2) is 20.9. The molecule has 0 bridgehead atoms. The standard InChI is InChI=1S/C48H55F3N5O9P/c1-31(2)56(32(3)4,29-28-54(5)45(58)48(49,50)51)66(60)65-39-30-41(55-27-26-40(52)53-46(55)59)63-43(39)44(42(57)33-14-10-8-11-15-33)64-47(34-16-12-9-13-17-34,35-18-22-37(61-6)23-19-35)36-20-24-38(62-7)25-21-36/h8-27,31-32,39,41,43-44,60H,28-30H2,1-7H3,(H-,52,53,59)/p+1/t39-,41+,43-,44?,66?/m0/s1. The molecule has 1 amide bonds. The van der Waals surface area contributed by atoms with Crippen LogP contribution in [0.5, 0.6) is 11.5 Å². The zero-order valence-corrected chi connectivity index (χ0v) is 38.7. The number of nitrogen functional groups attached to an aromatic ring is 1. The molecule has 0 saturated carbocycles. The third kappa shape index (κ3) is 10.3. The lowest BCUT2D eigenvalue weighted by molar-refractivity contribution is -0.861. The van der Waals surface area contributed by atoms with Gasteiger partial charge in [0.2, 0.25) is 0 Å². The number of rotatable bonds is 19. The van der Waals surface area contributed by atoms with E-state index in [4.69, 9.17) is 29.2 Å². The van der Waals surface area contributed by atoms with Gasteiger partial charge in [-0.2, -0.15) is 18.2 Å². The number of Topliss-reactive ketones (excluding diaryl/α,β-unsaturated/α-hetero) is 1. The lowest BCUT2D eigenvalue weighted by atomic mass is 9.79. The van der Waals surface area contributed by atoms with Crippen molar-refractivity contribution in [1.82, 2.24) is 14.5 Å². The van der Waals surface area contributed by atoms with E-state index in [-0.39, 0.29) is 35.1 Å². The van der Waals surface area contributed by atoms with Crippen LogP contribution >= 0.6 is 8.53 Å². The van der Waals surface area contributed by atoms with Gasteiger partial charge in [-0.25, -0.2) is 4.79 Å². The van der Waals surface area contributed by atoms with E-state index < -0.39 is 74.3 Å². The first kappa shape index (κ1) is 49.7. The number of anilines is 1. The van der Waals surface area contributed by atoms with Crippen molar-refractivity contribution in [3.05, 3.63) is 154 Å². The van der Waals surface area contributed by atoms with Gasteiger partial charge < -0.3 is 34.5 Å². The Kier molecular flexibility index (Phi) is 15.7. The number of hydrogen-bond donors (Lipinski definition) is 2. The second-order valence-corrected chi connectivity index (χ2v) is 18.0. The normalized spacial score (nSPS) is 17.7. The third-order valence-corrected chi connectivity index (χ3v) is 14.3. The predicted molar refractivity (Wildman–Crippen MR) is 242 cm³/mol. The van der Waals surface area contributed by atoms with Gasteiger partial charge in [-0.3, -0.25) is 22.9 Å². The number of benzene rings is 4. The molecular weight excluding hydrogens is 879 g/mol. The van der Waals surface area contributed by atoms with Gasteiger partial charge in [-0.1, -0.05) is 84.9 Å². The van der Waals surface area contributed by atoms with Gasteiger partial charge in [0.1, 0.15) is 47.9 Å². The van der Waals surface area contributed by atoms with Gasteiger partial charge >= 0.3 is 26.3 Å². The molecule has 3 N–H and O–H groups in total. The van der Waals surface area contributed by atoms with E-state index in [9.17, 15) is 27.7 Å². The Morgan fingerprint density at radius 3 is 1.86 bits per heavy atom. The van der Waals surface area contributed by atoms with Crippen molar-refractivity contribution in [1.29, 1.82) is 0 Å². The average Bonchev–Trinajstić information content (AvgIpc) is 3.71. The number of hydrogen-bond acceptors (Lipinski definition) is 11. The van der Waals surface area contributed by atoms with Crippen LogP contribution in [0.1, 0.15) is 67.4 Å². The Labute approximate surface area is 383 Å². The molecule has 14 nitrogen and oxygen atoms in total. The number of alkyl halides is 3. The van der Waals surface area contributed by atoms with E-state index in [1.165, 1.54) is 16.8 Å². The zero-order valence-electron chi connectivity index (χ0n) is 37.8. The number of ether oxygens (including phenoxy) is 4. The highest BCUT2D eigenvalue weighted by Crippen LogP contribution is 2.54. The van der Waals surface area contributed by atoms with Crippen LogP contribution in [0, 0.1) is 0 Å². The molecule has 5 aromatic rings. The number of likely N-dealkylation sites (N-methyl/N-ethyl adjacent to an activating group) is 1. The SMILES string of the molecule is COc1ccc(C(OC(C(=O)c2ccccc2)[C@H]2O[C@@H](n3ccc(N)nc3=O)C[C@@H]2OP(O)[N+](CCN(C)C(=O)C(F)(F)F)(C(C)C)C(C)C)(c2ccccc2)c2ccc(OC)cc2)cc1. The summed E-state index contributed by atoms with van der Waals surface area (Å²) >= 11 is 0. The van der Waals surface area contributed by atoms with Crippen LogP contribution in [-0.4, -0.2) is 106 Å². The fraction of sp³-hybridized carbons (Fsp3) is 0.375. The van der Waals surface area contributed by atoms with Gasteiger partial charge in [0, 0.05) is 25.2 Å². The highest BCUT2D eigenvalue weighted by Gasteiger charge is 2.55. The molecule has 6 rings (SSSR count). The molecule has 4 aromatic carbocycles. The number of ketones is 1. The highest BCUT2D eigenvalue weighted by molar-refractivity contribution is 7.39. The van der Waals surface area contributed by atoms with Gasteiger partial charge in [-0.05, 0) is 74.7 Å². The fourth-order valence-corrected chi connectivity index (χ4v) is 10.2. The number of amides is 1. The minimum Gasteiger partial charge on any atom is -0.497 e. The molecule has 2 unspecified atom stereocenters. The number of carbonyl (C=O) groups excluding carboxylic acids is 2. The summed E-state index contributed by atoms with van der Waals surface area (Å²) in [5.41, 5.74) is 5.60. The van der Waals surface area contributed by atoms with Crippen molar-refractivity contribution in [2.45, 2.75) is 82.5 Å². The molecule has 18 heteroatoms. The summed E-state index contributed by atoms with van der Waals surface area (Å²) in [6.07, 6.45) is -9.11. The molecule has 0 radical (unpaired) electrons. The first-order valence-corrected chi connectivity index (χ1v) is 22.5. The number of aromatic nitrogens is 2. The molecule has 0 spiro atoms. The summed E-state index contributed by atoms with van der Waals surface area (Å²) in [6, 6.07) is 32.7. The van der Waals surface area contributed by atoms with E-state index in [1.807, 2.05) is 54.6 Å². The lowest BCUT2D eigenvalue weighted by Gasteiger charge is -2.47. The van der Waals surface area contributed by atoms with Crippen LogP contribution in [0.2, 0.25) is 0 Å². The van der Waals surface area contributed by atoms with E-state index in [0.717, 1.165) is 7.05 Å². The quantitative estimate of drug-likeness (QED) is 0.0475. The van der Waals surface area contributed by atoms with E-state index in [1.54, 1.807) is 96.5 Å². The van der Waals surface area contributed by atoms with Crippen LogP contribution in [0.15, 0.2) is 126 Å². The third-order valence-electron chi connectivity index (χ3n) is 12.1. The summed E-state index contributed by atoms with van der Waals surface area (Å²) in [7, 11) is 1.47. The Morgan fingerprint density at radius 1 is 0.864 bits per heavy atom. The minimum absolute atomic E-state index is 0.0329. The first-order chi connectivity index (χ1) is 31.4. The number of nitrogens with two attached hydrogens (primary N) is 1. The summed E-state index contributed by atoms with van der Waals surface area (Å²) in [6.45, 7) is 6.69. The number of methoxy groups -OCH3 is 2. The Bertz CT molecular complexity index is 2410. The molecule has 1 fully saturated rings. The maximum atomic E-state index is 15.4. The largest absolute Gasteiger partial charge is 0.497 e. The van der Waals surface area contributed by atoms with Crippen molar-refractivity contribution in [2.24, 2.45) is 0 Å². The molecule has 1 saturated heterocycles. The Balaban J connectivity index is 1.56. The predicted octanol–water partition coefficient (Wildman–Crippen LogP) is 7.65. The van der Waals surface area contributed by atoms with Crippen LogP contribution < -0.4 is 20.9 Å². The average molecular weight is 935 g/mol.